The quantitative estimate of drug-likeness (QED) is 0.317. The van der Waals surface area contributed by atoms with Gasteiger partial charge in [0.1, 0.15) is 0 Å². The summed E-state index contributed by atoms with van der Waals surface area (Å²) in [4.78, 5) is 21.1. The van der Waals surface area contributed by atoms with Gasteiger partial charge in [0.25, 0.3) is 0 Å². The minimum Gasteiger partial charge on any atom is -0.545 e. The third kappa shape index (κ3) is 8.74. The van der Waals surface area contributed by atoms with Gasteiger partial charge in [0, 0.05) is 17.5 Å². The van der Waals surface area contributed by atoms with Gasteiger partial charge in [-0.25, -0.2) is 0 Å². The molecule has 0 aliphatic carbocycles. The Morgan fingerprint density at radius 3 is 2.06 bits per heavy atom. The van der Waals surface area contributed by atoms with Crippen molar-refractivity contribution in [3.63, 3.8) is 0 Å². The first-order valence-corrected chi connectivity index (χ1v) is 4.13. The molecule has 0 aromatic heterocycles. The van der Waals surface area contributed by atoms with Crippen molar-refractivity contribution in [2.75, 3.05) is 11.1 Å². The summed E-state index contributed by atoms with van der Waals surface area (Å²) in [7, 11) is 0. The molecule has 0 unspecified atom stereocenters. The normalized spacial score (nSPS) is 8.44. The van der Waals surface area contributed by atoms with Gasteiger partial charge in [0.15, 0.2) is 0 Å². The number of aliphatic carboxylic acids is 1. The maximum absolute atomic E-state index is 11.1. The van der Waals surface area contributed by atoms with E-state index in [2.05, 4.69) is 5.32 Å². The van der Waals surface area contributed by atoms with Crippen molar-refractivity contribution >= 4 is 23.3 Å². The molecule has 1 aromatic carbocycles. The number of carboxylic acid groups (broad SMARTS) is 1. The summed E-state index contributed by atoms with van der Waals surface area (Å²) in [6, 6.07) is 6.47. The van der Waals surface area contributed by atoms with Gasteiger partial charge in [-0.05, 0) is 30.3 Å². The summed E-state index contributed by atoms with van der Waals surface area (Å²) in [5.41, 5.74) is 6.56. The van der Waals surface area contributed by atoms with E-state index >= 15 is 0 Å². The third-order valence-corrected chi connectivity index (χ3v) is 1.55. The number of hydrogen-bond donors (Lipinski definition) is 2. The van der Waals surface area contributed by atoms with Gasteiger partial charge in [-0.2, -0.15) is 0 Å². The van der Waals surface area contributed by atoms with Gasteiger partial charge in [-0.1, -0.05) is 0 Å². The number of nitrogen functional groups attached to an aromatic ring is 1. The largest absolute Gasteiger partial charge is 1.00 e. The van der Waals surface area contributed by atoms with Gasteiger partial charge in [0.05, 0.1) is 5.97 Å². The molecular weight excluding hydrogens is 251 g/mol. The van der Waals surface area contributed by atoms with Gasteiger partial charge < -0.3 is 31.9 Å². The molecule has 0 spiro atoms. The van der Waals surface area contributed by atoms with Crippen molar-refractivity contribution < 1.29 is 55.2 Å². The molecule has 0 atom stereocenters. The first-order chi connectivity index (χ1) is 7.08. The molecule has 0 saturated heterocycles. The minimum absolute atomic E-state index is 0. The summed E-state index contributed by atoms with van der Waals surface area (Å²) in [6.45, 7) is 0. The molecule has 1 aromatic rings. The number of rotatable bonds is 3. The zero-order valence-corrected chi connectivity index (χ0v) is 11.8. The average molecular weight is 264 g/mol. The molecule has 1 rings (SSSR count). The van der Waals surface area contributed by atoms with E-state index in [9.17, 15) is 14.7 Å². The Morgan fingerprint density at radius 1 is 1.11 bits per heavy atom. The summed E-state index contributed by atoms with van der Waals surface area (Å²) in [5, 5.41) is 12.5. The number of anilines is 2. The fraction of sp³-hybridized carbons (Fsp3) is 0. The molecule has 7 nitrogen and oxygen atoms in total. The van der Waals surface area contributed by atoms with Gasteiger partial charge in [-0.3, -0.25) is 4.79 Å². The van der Waals surface area contributed by atoms with Crippen LogP contribution in [0.3, 0.4) is 0 Å². The van der Waals surface area contributed by atoms with E-state index < -0.39 is 11.9 Å². The molecule has 0 aliphatic heterocycles. The van der Waals surface area contributed by atoms with Crippen molar-refractivity contribution in [2.45, 2.75) is 0 Å². The Balaban J connectivity index is -0.000000750. The fourth-order valence-electron chi connectivity index (χ4n) is 0.894. The maximum Gasteiger partial charge on any atom is 1.00 e. The smallest absolute Gasteiger partial charge is 0.545 e. The van der Waals surface area contributed by atoms with Crippen molar-refractivity contribution in [2.24, 2.45) is 0 Å². The van der Waals surface area contributed by atoms with E-state index in [1.807, 2.05) is 0 Å². The van der Waals surface area contributed by atoms with Crippen LogP contribution in [0.25, 0.3) is 0 Å². The molecule has 8 heteroatoms. The zero-order chi connectivity index (χ0) is 11.3. The van der Waals surface area contributed by atoms with Crippen LogP contribution in [0.1, 0.15) is 0 Å². The number of benzene rings is 1. The SMILES string of the molecule is Nc1ccc(NC(=O)/C=C\C(=O)[O-])cc1.O.O.[Na+]. The Hall–Kier alpha value is -1.38. The Morgan fingerprint density at radius 2 is 1.61 bits per heavy atom. The number of carboxylic acids is 1. The molecule has 0 aliphatic rings. The predicted octanol–water partition coefficient (Wildman–Crippen LogP) is -5.13. The van der Waals surface area contributed by atoms with E-state index in [1.54, 1.807) is 24.3 Å². The molecule has 18 heavy (non-hydrogen) atoms. The number of hydrogen-bond acceptors (Lipinski definition) is 4. The van der Waals surface area contributed by atoms with E-state index in [4.69, 9.17) is 5.73 Å². The van der Waals surface area contributed by atoms with Crippen LogP contribution in [0.2, 0.25) is 0 Å². The predicted molar refractivity (Wildman–Crippen MR) is 60.9 cm³/mol. The molecule has 94 valence electrons. The van der Waals surface area contributed by atoms with Crippen LogP contribution in [0.15, 0.2) is 36.4 Å². The van der Waals surface area contributed by atoms with Crippen LogP contribution in [-0.4, -0.2) is 22.8 Å². The Bertz CT molecular complexity index is 405. The van der Waals surface area contributed by atoms with Crippen molar-refractivity contribution in [3.05, 3.63) is 36.4 Å². The zero-order valence-electron chi connectivity index (χ0n) is 9.77. The van der Waals surface area contributed by atoms with Crippen molar-refractivity contribution in [1.82, 2.24) is 0 Å². The number of nitrogens with one attached hydrogen (secondary N) is 1. The van der Waals surface area contributed by atoms with Crippen LogP contribution in [0.4, 0.5) is 11.4 Å². The second-order valence-corrected chi connectivity index (χ2v) is 2.76. The Labute approximate surface area is 126 Å². The van der Waals surface area contributed by atoms with Crippen LogP contribution < -0.4 is 45.7 Å². The van der Waals surface area contributed by atoms with Gasteiger partial charge >= 0.3 is 29.6 Å². The second kappa shape index (κ2) is 10.8. The molecule has 7 N–H and O–H groups in total. The van der Waals surface area contributed by atoms with Gasteiger partial charge in [0.2, 0.25) is 5.91 Å². The van der Waals surface area contributed by atoms with E-state index in [1.165, 1.54) is 0 Å². The average Bonchev–Trinajstić information content (AvgIpc) is 2.19. The maximum atomic E-state index is 11.1. The molecular formula is C10H13N2NaO5. The van der Waals surface area contributed by atoms with E-state index in [0.717, 1.165) is 6.08 Å². The first kappa shape index (κ1) is 21.9. The van der Waals surface area contributed by atoms with Crippen LogP contribution in [0, 0.1) is 0 Å². The van der Waals surface area contributed by atoms with E-state index in [-0.39, 0.29) is 40.5 Å². The molecule has 0 saturated carbocycles. The summed E-state index contributed by atoms with van der Waals surface area (Å²) in [5.74, 6) is -1.95. The van der Waals surface area contributed by atoms with Crippen LogP contribution >= 0.6 is 0 Å². The second-order valence-electron chi connectivity index (χ2n) is 2.76. The topological polar surface area (TPSA) is 158 Å². The number of carbonyl (C=O) groups is 2. The molecule has 1 amide bonds. The Kier molecular flexibility index (Phi) is 13.1. The molecule has 0 bridgehead atoms. The molecule has 0 radical (unpaired) electrons. The molecule has 0 fully saturated rings. The summed E-state index contributed by atoms with van der Waals surface area (Å²) < 4.78 is 0. The third-order valence-electron chi connectivity index (χ3n) is 1.55. The summed E-state index contributed by atoms with van der Waals surface area (Å²) >= 11 is 0. The van der Waals surface area contributed by atoms with Crippen molar-refractivity contribution in [3.8, 4) is 0 Å². The van der Waals surface area contributed by atoms with Crippen LogP contribution in [-0.2, 0) is 9.59 Å². The first-order valence-electron chi connectivity index (χ1n) is 4.13. The van der Waals surface area contributed by atoms with Crippen molar-refractivity contribution in [1.29, 1.82) is 0 Å². The summed E-state index contributed by atoms with van der Waals surface area (Å²) in [6.07, 6.45) is 1.54. The van der Waals surface area contributed by atoms with E-state index in [0.29, 0.717) is 17.5 Å². The number of nitrogens with two attached hydrogens (primary N) is 1. The van der Waals surface area contributed by atoms with Gasteiger partial charge in [-0.15, -0.1) is 0 Å². The molecule has 0 heterocycles. The van der Waals surface area contributed by atoms with Crippen LogP contribution in [0.5, 0.6) is 0 Å². The minimum atomic E-state index is -1.41. The fourth-order valence-corrected chi connectivity index (χ4v) is 0.894. The number of carbonyl (C=O) groups excluding carboxylic acids is 2. The number of amides is 1. The monoisotopic (exact) mass is 264 g/mol. The standard InChI is InChI=1S/C10H10N2O3.Na.2H2O/c11-7-1-3-8(4-2-7)12-9(13)5-6-10(14)15;;;/h1-6H,11H2,(H,12,13)(H,14,15);;2*1H2/q;+1;;/p-1/b6-5-;;;.